The summed E-state index contributed by atoms with van der Waals surface area (Å²) in [5.41, 5.74) is 1.47. The zero-order valence-electron chi connectivity index (χ0n) is 20.0. The van der Waals surface area contributed by atoms with Crippen molar-refractivity contribution in [1.82, 2.24) is 0 Å². The second-order valence-electron chi connectivity index (χ2n) is 10.2. The maximum absolute atomic E-state index is 12.1. The summed E-state index contributed by atoms with van der Waals surface area (Å²) in [4.78, 5) is 12.1. The van der Waals surface area contributed by atoms with E-state index in [1.54, 1.807) is 0 Å². The molecule has 0 saturated heterocycles. The minimum atomic E-state index is -0.521. The predicted molar refractivity (Wildman–Crippen MR) is 128 cm³/mol. The number of rotatable bonds is 9. The summed E-state index contributed by atoms with van der Waals surface area (Å²) in [5, 5.41) is 20.9. The molecule has 178 valence electrons. The monoisotopic (exact) mass is 442 g/mol. The van der Waals surface area contributed by atoms with Crippen molar-refractivity contribution in [3.8, 4) is 11.8 Å². The molecule has 0 aromatic rings. The molecule has 3 fully saturated rings. The zero-order valence-corrected chi connectivity index (χ0v) is 20.0. The Bertz CT molecular complexity index is 721. The van der Waals surface area contributed by atoms with Gasteiger partial charge in [0.1, 0.15) is 6.10 Å². The normalized spacial score (nSPS) is 31.3. The second kappa shape index (κ2) is 12.6. The van der Waals surface area contributed by atoms with Gasteiger partial charge in [-0.3, -0.25) is 4.79 Å². The van der Waals surface area contributed by atoms with Gasteiger partial charge < -0.3 is 14.9 Å². The van der Waals surface area contributed by atoms with Crippen LogP contribution in [0.2, 0.25) is 0 Å². The highest BCUT2D eigenvalue weighted by molar-refractivity contribution is 5.69. The first-order chi connectivity index (χ1) is 15.5. The Balaban J connectivity index is 1.41. The predicted octanol–water partition coefficient (Wildman–Crippen LogP) is 5.33. The molecule has 4 nitrogen and oxygen atoms in total. The van der Waals surface area contributed by atoms with Gasteiger partial charge in [0.25, 0.3) is 0 Å². The van der Waals surface area contributed by atoms with Crippen LogP contribution >= 0.6 is 0 Å². The smallest absolute Gasteiger partial charge is 0.306 e. The number of unbranched alkanes of at least 4 members (excludes halogenated alkanes) is 1. The average Bonchev–Trinajstić information content (AvgIpc) is 3.30. The van der Waals surface area contributed by atoms with Crippen molar-refractivity contribution in [2.45, 2.75) is 109 Å². The summed E-state index contributed by atoms with van der Waals surface area (Å²) in [6, 6.07) is 0. The number of esters is 1. The van der Waals surface area contributed by atoms with Crippen LogP contribution in [0.25, 0.3) is 0 Å². The number of hydrogen-bond acceptors (Lipinski definition) is 4. The summed E-state index contributed by atoms with van der Waals surface area (Å²) in [6.07, 6.45) is 17.2. The highest BCUT2D eigenvalue weighted by Crippen LogP contribution is 2.50. The Morgan fingerprint density at radius 3 is 2.78 bits per heavy atom. The SMILES string of the molecule is CC#CCC(C)[C@H](O)C=C[C@@H]1[C@H]2CC(=CCCCC(=O)OC3CCCCC3)C[C@H]2C[C@H]1O. The van der Waals surface area contributed by atoms with E-state index >= 15 is 0 Å². The highest BCUT2D eigenvalue weighted by Gasteiger charge is 2.45. The molecular formula is C28H42O4. The van der Waals surface area contributed by atoms with Gasteiger partial charge in [-0.05, 0) is 82.5 Å². The van der Waals surface area contributed by atoms with Crippen LogP contribution < -0.4 is 0 Å². The number of aliphatic hydroxyl groups is 2. The molecule has 3 aliphatic carbocycles. The first kappa shape index (κ1) is 25.1. The molecular weight excluding hydrogens is 400 g/mol. The number of carbonyl (C=O) groups is 1. The van der Waals surface area contributed by atoms with Crippen LogP contribution in [-0.2, 0) is 9.53 Å². The van der Waals surface area contributed by atoms with Crippen molar-refractivity contribution in [2.75, 3.05) is 0 Å². The Morgan fingerprint density at radius 1 is 1.25 bits per heavy atom. The molecule has 1 unspecified atom stereocenters. The molecule has 4 heteroatoms. The number of aliphatic hydroxyl groups excluding tert-OH is 2. The Hall–Kier alpha value is -1.57. The molecule has 0 aromatic heterocycles. The summed E-state index contributed by atoms with van der Waals surface area (Å²) in [7, 11) is 0. The fraction of sp³-hybridized carbons (Fsp3) is 0.750. The molecule has 0 amide bonds. The fourth-order valence-electron chi connectivity index (χ4n) is 5.74. The van der Waals surface area contributed by atoms with Crippen molar-refractivity contribution in [3.63, 3.8) is 0 Å². The number of allylic oxidation sites excluding steroid dienone is 2. The Morgan fingerprint density at radius 2 is 2.03 bits per heavy atom. The number of carbonyl (C=O) groups excluding carboxylic acids is 1. The lowest BCUT2D eigenvalue weighted by Gasteiger charge is -2.21. The maximum Gasteiger partial charge on any atom is 0.306 e. The van der Waals surface area contributed by atoms with E-state index in [1.807, 2.05) is 19.9 Å². The minimum Gasteiger partial charge on any atom is -0.462 e. The molecule has 0 heterocycles. The second-order valence-corrected chi connectivity index (χ2v) is 10.2. The molecule has 0 spiro atoms. The third-order valence-electron chi connectivity index (χ3n) is 7.69. The Labute approximate surface area is 194 Å². The fourth-order valence-corrected chi connectivity index (χ4v) is 5.74. The van der Waals surface area contributed by atoms with Crippen LogP contribution in [0.3, 0.4) is 0 Å². The van der Waals surface area contributed by atoms with Crippen molar-refractivity contribution in [3.05, 3.63) is 23.8 Å². The van der Waals surface area contributed by atoms with Crippen molar-refractivity contribution in [2.24, 2.45) is 23.7 Å². The van der Waals surface area contributed by atoms with Gasteiger partial charge in [-0.1, -0.05) is 37.1 Å². The topological polar surface area (TPSA) is 66.8 Å². The lowest BCUT2D eigenvalue weighted by molar-refractivity contribution is -0.150. The highest BCUT2D eigenvalue weighted by atomic mass is 16.5. The summed E-state index contributed by atoms with van der Waals surface area (Å²) < 4.78 is 5.61. The third-order valence-corrected chi connectivity index (χ3v) is 7.69. The molecule has 3 saturated carbocycles. The largest absolute Gasteiger partial charge is 0.462 e. The third kappa shape index (κ3) is 7.22. The first-order valence-corrected chi connectivity index (χ1v) is 12.8. The quantitative estimate of drug-likeness (QED) is 0.219. The van der Waals surface area contributed by atoms with Gasteiger partial charge in [0.05, 0.1) is 12.2 Å². The zero-order chi connectivity index (χ0) is 22.9. The van der Waals surface area contributed by atoms with Gasteiger partial charge in [0.15, 0.2) is 0 Å². The summed E-state index contributed by atoms with van der Waals surface area (Å²) in [5.74, 6) is 7.08. The molecule has 32 heavy (non-hydrogen) atoms. The van der Waals surface area contributed by atoms with E-state index in [1.165, 1.54) is 24.8 Å². The van der Waals surface area contributed by atoms with Crippen molar-refractivity contribution < 1.29 is 19.7 Å². The van der Waals surface area contributed by atoms with E-state index < -0.39 is 6.10 Å². The van der Waals surface area contributed by atoms with E-state index in [9.17, 15) is 15.0 Å². The van der Waals surface area contributed by atoms with Gasteiger partial charge >= 0.3 is 5.97 Å². The number of fused-ring (bicyclic) bond motifs is 1. The van der Waals surface area contributed by atoms with Gasteiger partial charge in [0.2, 0.25) is 0 Å². The standard InChI is InChI=1S/C28H42O4/c1-3-4-10-20(2)26(29)16-15-24-25-18-21(17-22(25)19-27(24)30)11-8-9-14-28(31)32-23-12-6-5-7-13-23/h11,15-16,20,22-27,29-30H,5-10,12-14,17-19H2,1-2H3/t20?,22-,24+,25-,26+,27+/m0/s1. The molecule has 3 rings (SSSR count). The molecule has 2 N–H and O–H groups in total. The van der Waals surface area contributed by atoms with Gasteiger partial charge in [-0.2, -0.15) is 0 Å². The number of hydrogen-bond donors (Lipinski definition) is 2. The van der Waals surface area contributed by atoms with Crippen molar-refractivity contribution in [1.29, 1.82) is 0 Å². The summed E-state index contributed by atoms with van der Waals surface area (Å²) in [6.45, 7) is 3.83. The lowest BCUT2D eigenvalue weighted by atomic mass is 9.89. The first-order valence-electron chi connectivity index (χ1n) is 12.8. The molecule has 0 aliphatic heterocycles. The van der Waals surface area contributed by atoms with Gasteiger partial charge in [-0.25, -0.2) is 0 Å². The lowest BCUT2D eigenvalue weighted by Crippen LogP contribution is -2.20. The van der Waals surface area contributed by atoms with E-state index in [-0.39, 0.29) is 30.0 Å². The van der Waals surface area contributed by atoms with Crippen LogP contribution in [0, 0.1) is 35.5 Å². The van der Waals surface area contributed by atoms with Crippen LogP contribution in [0.15, 0.2) is 23.8 Å². The van der Waals surface area contributed by atoms with Crippen LogP contribution in [-0.4, -0.2) is 34.5 Å². The van der Waals surface area contributed by atoms with Crippen molar-refractivity contribution >= 4 is 5.97 Å². The van der Waals surface area contributed by atoms with E-state index in [4.69, 9.17) is 4.74 Å². The summed E-state index contributed by atoms with van der Waals surface area (Å²) >= 11 is 0. The maximum atomic E-state index is 12.1. The van der Waals surface area contributed by atoms with Crippen LogP contribution in [0.4, 0.5) is 0 Å². The molecule has 0 radical (unpaired) electrons. The van der Waals surface area contributed by atoms with E-state index in [0.717, 1.165) is 44.9 Å². The molecule has 6 atom stereocenters. The van der Waals surface area contributed by atoms with Crippen LogP contribution in [0.5, 0.6) is 0 Å². The average molecular weight is 443 g/mol. The van der Waals surface area contributed by atoms with E-state index in [0.29, 0.717) is 24.7 Å². The molecule has 3 aliphatic rings. The van der Waals surface area contributed by atoms with Gasteiger partial charge in [0, 0.05) is 18.8 Å². The number of ether oxygens (including phenoxy) is 1. The van der Waals surface area contributed by atoms with E-state index in [2.05, 4.69) is 24.0 Å². The molecule has 0 aromatic carbocycles. The Kier molecular flexibility index (Phi) is 9.88. The van der Waals surface area contributed by atoms with Crippen LogP contribution in [0.1, 0.15) is 90.9 Å². The van der Waals surface area contributed by atoms with Gasteiger partial charge in [-0.15, -0.1) is 11.8 Å². The molecule has 0 bridgehead atoms. The minimum absolute atomic E-state index is 0.0374.